The minimum Gasteiger partial charge on any atom is -0.340 e. The third-order valence-corrected chi connectivity index (χ3v) is 5.36. The first-order valence-electron chi connectivity index (χ1n) is 9.35. The summed E-state index contributed by atoms with van der Waals surface area (Å²) < 4.78 is 42.9. The third kappa shape index (κ3) is 4.15. The predicted octanol–water partition coefficient (Wildman–Crippen LogP) is 1.95. The van der Waals surface area contributed by atoms with Gasteiger partial charge in [-0.1, -0.05) is 0 Å². The molecule has 0 radical (unpaired) electrons. The lowest BCUT2D eigenvalue weighted by Gasteiger charge is -2.34. The number of imidazole rings is 1. The molecule has 2 N–H and O–H groups in total. The summed E-state index contributed by atoms with van der Waals surface area (Å²) in [6.45, 7) is 2.05. The van der Waals surface area contributed by atoms with Gasteiger partial charge in [-0.05, 0) is 13.3 Å². The Morgan fingerprint density at radius 2 is 2.14 bits per heavy atom. The van der Waals surface area contributed by atoms with E-state index in [9.17, 15) is 18.0 Å². The molecule has 1 aliphatic rings. The summed E-state index contributed by atoms with van der Waals surface area (Å²) in [6.07, 6.45) is -0.780. The molecular formula is C19H23F3N6O. The Hall–Kier alpha value is -2.80. The Balaban J connectivity index is 2.00. The number of benzene rings is 1. The van der Waals surface area contributed by atoms with Crippen molar-refractivity contribution in [2.24, 2.45) is 5.73 Å². The summed E-state index contributed by atoms with van der Waals surface area (Å²) >= 11 is 0. The van der Waals surface area contributed by atoms with Crippen molar-refractivity contribution in [2.45, 2.75) is 44.6 Å². The average Bonchev–Trinajstić information content (AvgIpc) is 3.01. The fraction of sp³-hybridized carbons (Fsp3) is 0.526. The number of aromatic nitrogens is 2. The molecule has 3 atom stereocenters. The maximum atomic E-state index is 13.9. The van der Waals surface area contributed by atoms with E-state index in [-0.39, 0.29) is 48.9 Å². The van der Waals surface area contributed by atoms with Crippen molar-refractivity contribution in [3.8, 4) is 6.07 Å². The lowest BCUT2D eigenvalue weighted by atomic mass is 10.1. The number of hydrogen-bond donors (Lipinski definition) is 1. The number of fused-ring (bicyclic) bond motifs is 1. The van der Waals surface area contributed by atoms with Gasteiger partial charge in [0.25, 0.3) is 0 Å². The fourth-order valence-electron chi connectivity index (χ4n) is 3.40. The van der Waals surface area contributed by atoms with E-state index < -0.39 is 23.8 Å². The quantitative estimate of drug-likeness (QED) is 0.817. The highest BCUT2D eigenvalue weighted by molar-refractivity contribution is 5.83. The van der Waals surface area contributed by atoms with Crippen LogP contribution in [0.3, 0.4) is 0 Å². The number of hydrogen-bond acceptors (Lipinski definition) is 5. The maximum absolute atomic E-state index is 13.9. The minimum absolute atomic E-state index is 0.165. The van der Waals surface area contributed by atoms with Crippen molar-refractivity contribution in [2.75, 3.05) is 25.0 Å². The summed E-state index contributed by atoms with van der Waals surface area (Å²) in [7, 11) is 1.58. The van der Waals surface area contributed by atoms with Crippen molar-refractivity contribution < 1.29 is 18.0 Å². The van der Waals surface area contributed by atoms with Crippen molar-refractivity contribution in [3.63, 3.8) is 0 Å². The molecule has 7 nitrogen and oxygen atoms in total. The van der Waals surface area contributed by atoms with E-state index in [1.54, 1.807) is 18.9 Å². The zero-order valence-electron chi connectivity index (χ0n) is 16.3. The molecule has 1 fully saturated rings. The minimum atomic E-state index is -1.14. The molecule has 10 heteroatoms. The molecule has 2 heterocycles. The number of likely N-dealkylation sites (N-methyl/N-ethyl adjacent to an activating group) is 1. The fourth-order valence-corrected chi connectivity index (χ4v) is 3.40. The van der Waals surface area contributed by atoms with Crippen LogP contribution in [0.5, 0.6) is 0 Å². The van der Waals surface area contributed by atoms with E-state index >= 15 is 0 Å². The van der Waals surface area contributed by atoms with E-state index in [4.69, 9.17) is 11.0 Å². The van der Waals surface area contributed by atoms with Gasteiger partial charge in [-0.2, -0.15) is 5.26 Å². The lowest BCUT2D eigenvalue weighted by Crippen LogP contribution is -2.50. The molecule has 1 aromatic carbocycles. The van der Waals surface area contributed by atoms with Crippen molar-refractivity contribution in [3.05, 3.63) is 23.8 Å². The van der Waals surface area contributed by atoms with Gasteiger partial charge in [-0.25, -0.2) is 18.2 Å². The van der Waals surface area contributed by atoms with Gasteiger partial charge in [0, 0.05) is 38.3 Å². The van der Waals surface area contributed by atoms with Gasteiger partial charge in [0.15, 0.2) is 11.6 Å². The molecule has 3 rings (SSSR count). The van der Waals surface area contributed by atoms with Crippen LogP contribution in [-0.2, 0) is 11.3 Å². The Morgan fingerprint density at radius 3 is 2.79 bits per heavy atom. The number of nitrogens with zero attached hydrogens (tertiary/aromatic N) is 5. The first-order chi connectivity index (χ1) is 13.7. The molecule has 1 saturated heterocycles. The predicted molar refractivity (Wildman–Crippen MR) is 102 cm³/mol. The monoisotopic (exact) mass is 408 g/mol. The van der Waals surface area contributed by atoms with E-state index in [2.05, 4.69) is 4.98 Å². The van der Waals surface area contributed by atoms with Crippen molar-refractivity contribution in [1.29, 1.82) is 5.26 Å². The second kappa shape index (κ2) is 8.29. The number of nitrogens with two attached hydrogens (primary N) is 1. The second-order valence-electron chi connectivity index (χ2n) is 7.38. The molecule has 2 aromatic rings. The molecule has 0 aliphatic carbocycles. The van der Waals surface area contributed by atoms with E-state index in [1.165, 1.54) is 9.47 Å². The van der Waals surface area contributed by atoms with Crippen LogP contribution < -0.4 is 10.6 Å². The second-order valence-corrected chi connectivity index (χ2v) is 7.38. The van der Waals surface area contributed by atoms with Crippen LogP contribution in [-0.4, -0.2) is 58.8 Å². The van der Waals surface area contributed by atoms with Gasteiger partial charge < -0.3 is 20.1 Å². The zero-order chi connectivity index (χ0) is 21.3. The normalized spacial score (nSPS) is 20.5. The molecule has 1 unspecified atom stereocenters. The number of rotatable bonds is 5. The highest BCUT2D eigenvalue weighted by atomic mass is 19.2. The first-order valence-corrected chi connectivity index (χ1v) is 9.35. The van der Waals surface area contributed by atoms with Crippen LogP contribution in [0.2, 0.25) is 0 Å². The zero-order valence-corrected chi connectivity index (χ0v) is 16.3. The maximum Gasteiger partial charge on any atom is 0.242 e. The van der Waals surface area contributed by atoms with E-state index in [0.717, 1.165) is 12.1 Å². The summed E-state index contributed by atoms with van der Waals surface area (Å²) in [4.78, 5) is 20.3. The topological polar surface area (TPSA) is 91.2 Å². The third-order valence-electron chi connectivity index (χ3n) is 5.36. The number of carbonyl (C=O) groups excluding carboxylic acids is 1. The largest absolute Gasteiger partial charge is 0.340 e. The summed E-state index contributed by atoms with van der Waals surface area (Å²) in [5, 5.41) is 8.85. The molecule has 1 aromatic heterocycles. The lowest BCUT2D eigenvalue weighted by molar-refractivity contribution is -0.132. The molecule has 1 aliphatic heterocycles. The Labute approximate surface area is 166 Å². The van der Waals surface area contributed by atoms with Gasteiger partial charge in [0.2, 0.25) is 11.9 Å². The van der Waals surface area contributed by atoms with Crippen LogP contribution in [0.25, 0.3) is 11.0 Å². The number of piperidine rings is 1. The smallest absolute Gasteiger partial charge is 0.242 e. The first kappa shape index (κ1) is 20.9. The van der Waals surface area contributed by atoms with Gasteiger partial charge in [0.05, 0.1) is 29.6 Å². The number of carbonyl (C=O) groups is 1. The molecule has 29 heavy (non-hydrogen) atoms. The average molecular weight is 408 g/mol. The van der Waals surface area contributed by atoms with E-state index in [0.29, 0.717) is 12.5 Å². The highest BCUT2D eigenvalue weighted by Crippen LogP contribution is 2.27. The Kier molecular flexibility index (Phi) is 5.98. The summed E-state index contributed by atoms with van der Waals surface area (Å²) in [5.74, 6) is -2.10. The van der Waals surface area contributed by atoms with Crippen molar-refractivity contribution >= 4 is 22.9 Å². The molecule has 1 amide bonds. The molecular weight excluding hydrogens is 385 g/mol. The highest BCUT2D eigenvalue weighted by Gasteiger charge is 2.30. The number of halogens is 3. The van der Waals surface area contributed by atoms with Gasteiger partial charge in [-0.15, -0.1) is 0 Å². The number of anilines is 1. The van der Waals surface area contributed by atoms with Crippen LogP contribution >= 0.6 is 0 Å². The molecule has 0 saturated carbocycles. The molecule has 0 bridgehead atoms. The van der Waals surface area contributed by atoms with Gasteiger partial charge in [-0.3, -0.25) is 4.79 Å². The van der Waals surface area contributed by atoms with Gasteiger partial charge >= 0.3 is 0 Å². The van der Waals surface area contributed by atoms with Crippen LogP contribution in [0, 0.1) is 23.0 Å². The van der Waals surface area contributed by atoms with Crippen molar-refractivity contribution in [1.82, 2.24) is 14.5 Å². The molecule has 0 spiro atoms. The van der Waals surface area contributed by atoms with Gasteiger partial charge in [0.1, 0.15) is 12.7 Å². The summed E-state index contributed by atoms with van der Waals surface area (Å²) in [6, 6.07) is 2.95. The standard InChI is InChI=1S/C19H23F3N6O/c1-11(3-5-23)26(2)18(29)10-28-17-8-14(22)13(21)7-16(17)25-19(28)27-6-4-12(20)15(24)9-27/h7-8,11-12,15H,3-4,6,9-10,24H2,1-2H3/t11?,12-,15-/m1/s1. The Morgan fingerprint density at radius 1 is 1.45 bits per heavy atom. The summed E-state index contributed by atoms with van der Waals surface area (Å²) in [5.41, 5.74) is 6.29. The number of amides is 1. The van der Waals surface area contributed by atoms with Crippen LogP contribution in [0.4, 0.5) is 19.1 Å². The number of alkyl halides is 1. The number of nitriles is 1. The van der Waals surface area contributed by atoms with Crippen LogP contribution in [0.1, 0.15) is 19.8 Å². The SMILES string of the molecule is CC(CC#N)N(C)C(=O)Cn1c(N2CC[C@@H](F)[C@H](N)C2)nc2cc(F)c(F)cc21. The van der Waals surface area contributed by atoms with Crippen LogP contribution in [0.15, 0.2) is 12.1 Å². The molecule has 156 valence electrons. The van der Waals surface area contributed by atoms with E-state index in [1.807, 2.05) is 6.07 Å². The Bertz CT molecular complexity index is 956.